The van der Waals surface area contributed by atoms with Gasteiger partial charge in [-0.05, 0) is 62.6 Å². The van der Waals surface area contributed by atoms with Gasteiger partial charge in [0, 0.05) is 55.0 Å². The van der Waals surface area contributed by atoms with Crippen molar-refractivity contribution in [3.8, 4) is 22.3 Å². The number of amides is 2. The third kappa shape index (κ3) is 5.28. The van der Waals surface area contributed by atoms with Crippen LogP contribution in [0.4, 0.5) is 29.5 Å². The van der Waals surface area contributed by atoms with Crippen molar-refractivity contribution in [1.82, 2.24) is 15.2 Å². The van der Waals surface area contributed by atoms with Crippen molar-refractivity contribution in [2.75, 3.05) is 43.4 Å². The number of anilines is 2. The van der Waals surface area contributed by atoms with Crippen LogP contribution in [0.2, 0.25) is 0 Å². The molecule has 0 radical (unpaired) electrons. The number of nitrogens with two attached hydrogens (primary N) is 1. The van der Waals surface area contributed by atoms with Crippen molar-refractivity contribution in [3.05, 3.63) is 65.1 Å². The van der Waals surface area contributed by atoms with Gasteiger partial charge in [0.25, 0.3) is 5.91 Å². The molecule has 0 unspecified atom stereocenters. The molecule has 210 valence electrons. The highest BCUT2D eigenvalue weighted by Crippen LogP contribution is 2.36. The van der Waals surface area contributed by atoms with E-state index in [1.807, 2.05) is 0 Å². The molecule has 2 aliphatic rings. The van der Waals surface area contributed by atoms with Crippen LogP contribution in [-0.2, 0) is 11.2 Å². The summed E-state index contributed by atoms with van der Waals surface area (Å²) in [5.74, 6) is -3.66. The van der Waals surface area contributed by atoms with E-state index in [1.165, 1.54) is 23.1 Å². The smallest absolute Gasteiger partial charge is 0.410 e. The standard InChI is InChI=1S/C29H30F3N5O3/c1-29(2,3)40-28(39)37-12-10-36(11-13-37)22-7-6-19(23(30)24(22)31)21-15-20(26(33)35-25(21)32)16-4-5-18-17(14-16)8-9-34-27(18)38/h4-7,14-15H,8-13H2,1-3H3,(H2,33,35)(H,34,38). The van der Waals surface area contributed by atoms with Crippen LogP contribution in [0, 0.1) is 17.6 Å². The van der Waals surface area contributed by atoms with E-state index in [2.05, 4.69) is 10.3 Å². The number of halogens is 3. The van der Waals surface area contributed by atoms with E-state index in [-0.39, 0.29) is 54.7 Å². The van der Waals surface area contributed by atoms with E-state index >= 15 is 8.78 Å². The third-order valence-electron chi connectivity index (χ3n) is 6.97. The fraction of sp³-hybridized carbons (Fsp3) is 0.345. The normalized spacial score (nSPS) is 15.5. The van der Waals surface area contributed by atoms with Gasteiger partial charge in [0.2, 0.25) is 5.95 Å². The molecular formula is C29H30F3N5O3. The van der Waals surface area contributed by atoms with Crippen LogP contribution < -0.4 is 16.0 Å². The molecule has 3 N–H and O–H groups in total. The number of fused-ring (bicyclic) bond motifs is 1. The van der Waals surface area contributed by atoms with Gasteiger partial charge < -0.3 is 25.6 Å². The minimum atomic E-state index is -1.22. The number of pyridine rings is 1. The highest BCUT2D eigenvalue weighted by molar-refractivity contribution is 5.97. The van der Waals surface area contributed by atoms with Crippen molar-refractivity contribution in [1.29, 1.82) is 0 Å². The van der Waals surface area contributed by atoms with E-state index in [0.29, 0.717) is 29.7 Å². The van der Waals surface area contributed by atoms with E-state index in [0.717, 1.165) is 5.56 Å². The Kier molecular flexibility index (Phi) is 7.07. The number of rotatable bonds is 3. The van der Waals surface area contributed by atoms with Crippen LogP contribution in [0.25, 0.3) is 22.3 Å². The van der Waals surface area contributed by atoms with Gasteiger partial charge in [-0.15, -0.1) is 0 Å². The van der Waals surface area contributed by atoms with Crippen LogP contribution in [0.15, 0.2) is 36.4 Å². The number of benzene rings is 2. The first-order chi connectivity index (χ1) is 18.9. The summed E-state index contributed by atoms with van der Waals surface area (Å²) in [7, 11) is 0. The van der Waals surface area contributed by atoms with Crippen LogP contribution in [0.5, 0.6) is 0 Å². The lowest BCUT2D eigenvalue weighted by Crippen LogP contribution is -2.50. The second-order valence-corrected chi connectivity index (χ2v) is 10.9. The maximum atomic E-state index is 15.4. The Morgan fingerprint density at radius 1 is 0.950 bits per heavy atom. The molecule has 0 atom stereocenters. The first-order valence-electron chi connectivity index (χ1n) is 13.0. The topological polar surface area (TPSA) is 101 Å². The number of hydrogen-bond donors (Lipinski definition) is 2. The number of hydrogen-bond acceptors (Lipinski definition) is 6. The van der Waals surface area contributed by atoms with Crippen molar-refractivity contribution >= 4 is 23.5 Å². The molecule has 0 saturated carbocycles. The first-order valence-corrected chi connectivity index (χ1v) is 13.0. The molecule has 8 nitrogen and oxygen atoms in total. The summed E-state index contributed by atoms with van der Waals surface area (Å²) in [5.41, 5.74) is 7.13. The Hall–Kier alpha value is -4.28. The van der Waals surface area contributed by atoms with Crippen molar-refractivity contribution < 1.29 is 27.5 Å². The molecule has 1 saturated heterocycles. The lowest BCUT2D eigenvalue weighted by molar-refractivity contribution is 0.0240. The van der Waals surface area contributed by atoms with Gasteiger partial charge in [0.1, 0.15) is 11.4 Å². The van der Waals surface area contributed by atoms with Gasteiger partial charge in [0.05, 0.1) is 5.69 Å². The van der Waals surface area contributed by atoms with Crippen LogP contribution in [0.1, 0.15) is 36.7 Å². The molecule has 1 aromatic heterocycles. The van der Waals surface area contributed by atoms with E-state index in [4.69, 9.17) is 10.5 Å². The van der Waals surface area contributed by atoms with Crippen molar-refractivity contribution in [3.63, 3.8) is 0 Å². The number of nitrogens with one attached hydrogen (secondary N) is 1. The predicted molar refractivity (Wildman–Crippen MR) is 145 cm³/mol. The molecule has 0 spiro atoms. The summed E-state index contributed by atoms with van der Waals surface area (Å²) in [5, 5.41) is 2.77. The number of aromatic nitrogens is 1. The average molecular weight is 554 g/mol. The molecule has 0 bridgehead atoms. The van der Waals surface area contributed by atoms with Gasteiger partial charge in [0.15, 0.2) is 11.6 Å². The molecule has 0 aliphatic carbocycles. The maximum Gasteiger partial charge on any atom is 0.410 e. The number of carbonyl (C=O) groups excluding carboxylic acids is 2. The quantitative estimate of drug-likeness (QED) is 0.454. The summed E-state index contributed by atoms with van der Waals surface area (Å²) < 4.78 is 51.1. The molecule has 3 heterocycles. The fourth-order valence-corrected chi connectivity index (χ4v) is 4.97. The minimum Gasteiger partial charge on any atom is -0.444 e. The molecule has 2 aliphatic heterocycles. The molecule has 3 aromatic rings. The Balaban J connectivity index is 1.41. The molecule has 1 fully saturated rings. The maximum absolute atomic E-state index is 15.4. The van der Waals surface area contributed by atoms with Gasteiger partial charge in [-0.25, -0.2) is 18.6 Å². The van der Waals surface area contributed by atoms with Crippen molar-refractivity contribution in [2.24, 2.45) is 0 Å². The SMILES string of the molecule is CC(C)(C)OC(=O)N1CCN(c2ccc(-c3cc(-c4ccc5c(c4)CCNC5=O)c(N)nc3F)c(F)c2F)CC1. The fourth-order valence-electron chi connectivity index (χ4n) is 4.97. The summed E-state index contributed by atoms with van der Waals surface area (Å²) in [6, 6.07) is 9.14. The summed E-state index contributed by atoms with van der Waals surface area (Å²) in [6.45, 7) is 6.91. The zero-order chi connectivity index (χ0) is 28.8. The largest absolute Gasteiger partial charge is 0.444 e. The third-order valence-corrected chi connectivity index (χ3v) is 6.97. The minimum absolute atomic E-state index is 0.0158. The average Bonchev–Trinajstić information content (AvgIpc) is 2.90. The highest BCUT2D eigenvalue weighted by Gasteiger charge is 2.29. The molecule has 2 aromatic carbocycles. The van der Waals surface area contributed by atoms with Crippen molar-refractivity contribution in [2.45, 2.75) is 32.8 Å². The molecule has 40 heavy (non-hydrogen) atoms. The van der Waals surface area contributed by atoms with Gasteiger partial charge in [-0.2, -0.15) is 4.39 Å². The molecule has 5 rings (SSSR count). The molecular weight excluding hydrogens is 523 g/mol. The van der Waals surface area contributed by atoms with Gasteiger partial charge >= 0.3 is 6.09 Å². The van der Waals surface area contributed by atoms with Crippen LogP contribution in [-0.4, -0.2) is 60.2 Å². The molecule has 11 heteroatoms. The Morgan fingerprint density at radius 2 is 1.65 bits per heavy atom. The van der Waals surface area contributed by atoms with Gasteiger partial charge in [-0.1, -0.05) is 12.1 Å². The Labute approximate surface area is 229 Å². The lowest BCUT2D eigenvalue weighted by Gasteiger charge is -2.37. The van der Waals surface area contributed by atoms with Gasteiger partial charge in [-0.3, -0.25) is 4.79 Å². The Bertz CT molecular complexity index is 1500. The number of ether oxygens (including phenoxy) is 1. The predicted octanol–water partition coefficient (Wildman–Crippen LogP) is 4.76. The molecule has 2 amide bonds. The van der Waals surface area contributed by atoms with Crippen LogP contribution >= 0.6 is 0 Å². The number of piperazine rings is 1. The van der Waals surface area contributed by atoms with E-state index in [9.17, 15) is 14.0 Å². The first kappa shape index (κ1) is 27.3. The van der Waals surface area contributed by atoms with E-state index in [1.54, 1.807) is 43.9 Å². The number of nitrogen functional groups attached to an aromatic ring is 1. The Morgan fingerprint density at radius 3 is 2.35 bits per heavy atom. The lowest BCUT2D eigenvalue weighted by atomic mass is 9.94. The number of carbonyl (C=O) groups is 2. The monoisotopic (exact) mass is 553 g/mol. The summed E-state index contributed by atoms with van der Waals surface area (Å²) in [6.07, 6.45) is 0.155. The zero-order valence-corrected chi connectivity index (χ0v) is 22.5. The van der Waals surface area contributed by atoms with Crippen LogP contribution in [0.3, 0.4) is 0 Å². The second kappa shape index (κ2) is 10.4. The summed E-state index contributed by atoms with van der Waals surface area (Å²) in [4.78, 5) is 31.3. The highest BCUT2D eigenvalue weighted by atomic mass is 19.2. The second-order valence-electron chi connectivity index (χ2n) is 10.9. The number of nitrogens with zero attached hydrogens (tertiary/aromatic N) is 3. The summed E-state index contributed by atoms with van der Waals surface area (Å²) >= 11 is 0. The zero-order valence-electron chi connectivity index (χ0n) is 22.5. The van der Waals surface area contributed by atoms with E-state index < -0.39 is 29.3 Å².